The highest BCUT2D eigenvalue weighted by atomic mass is 32.2. The molecule has 0 fully saturated rings. The molecule has 0 bridgehead atoms. The SMILES string of the molecule is COc1ccc2cc(CN(Cc3ccc4c(c3)OCO4)S(=O)(=O)c3ccccc3)c(=O)[nH]c2c1. The molecule has 3 aromatic carbocycles. The van der Waals surface area contributed by atoms with Gasteiger partial charge < -0.3 is 19.2 Å². The summed E-state index contributed by atoms with van der Waals surface area (Å²) < 4.78 is 44.5. The van der Waals surface area contributed by atoms with Crippen molar-refractivity contribution in [1.29, 1.82) is 0 Å². The number of rotatable bonds is 7. The number of aromatic nitrogens is 1. The smallest absolute Gasteiger partial charge is 0.252 e. The molecule has 34 heavy (non-hydrogen) atoms. The molecule has 0 amide bonds. The van der Waals surface area contributed by atoms with Crippen LogP contribution in [-0.2, 0) is 23.1 Å². The highest BCUT2D eigenvalue weighted by Crippen LogP contribution is 2.33. The number of nitrogens with zero attached hydrogens (tertiary/aromatic N) is 1. The first-order valence-corrected chi connectivity index (χ1v) is 12.0. The maximum atomic E-state index is 13.6. The minimum Gasteiger partial charge on any atom is -0.497 e. The van der Waals surface area contributed by atoms with Gasteiger partial charge in [0.25, 0.3) is 5.56 Å². The third-order valence-electron chi connectivity index (χ3n) is 5.65. The molecule has 0 saturated heterocycles. The van der Waals surface area contributed by atoms with Crippen LogP contribution < -0.4 is 19.8 Å². The number of H-pyrrole nitrogens is 1. The van der Waals surface area contributed by atoms with Crippen LogP contribution in [0.5, 0.6) is 17.2 Å². The van der Waals surface area contributed by atoms with E-state index in [-0.39, 0.29) is 30.3 Å². The second-order valence-electron chi connectivity index (χ2n) is 7.85. The molecule has 2 heterocycles. The topological polar surface area (TPSA) is 97.9 Å². The van der Waals surface area contributed by atoms with Crippen LogP contribution in [0.1, 0.15) is 11.1 Å². The van der Waals surface area contributed by atoms with Gasteiger partial charge in [-0.25, -0.2) is 8.42 Å². The Morgan fingerprint density at radius 1 is 0.941 bits per heavy atom. The van der Waals surface area contributed by atoms with E-state index in [0.29, 0.717) is 33.9 Å². The minimum absolute atomic E-state index is 0.0496. The van der Waals surface area contributed by atoms with E-state index in [1.807, 2.05) is 6.07 Å². The van der Waals surface area contributed by atoms with E-state index in [1.54, 1.807) is 73.8 Å². The molecule has 5 rings (SSSR count). The number of fused-ring (bicyclic) bond motifs is 2. The summed E-state index contributed by atoms with van der Waals surface area (Å²) in [4.78, 5) is 15.9. The molecular weight excluding hydrogens is 456 g/mol. The number of hydrogen-bond donors (Lipinski definition) is 1. The summed E-state index contributed by atoms with van der Waals surface area (Å²) in [5.74, 6) is 1.79. The lowest BCUT2D eigenvalue weighted by Gasteiger charge is -2.22. The summed E-state index contributed by atoms with van der Waals surface area (Å²) in [5.41, 5.74) is 1.30. The Labute approximate surface area is 196 Å². The fourth-order valence-electron chi connectivity index (χ4n) is 3.87. The number of benzene rings is 3. The molecule has 1 aliphatic rings. The van der Waals surface area contributed by atoms with Gasteiger partial charge in [0.2, 0.25) is 16.8 Å². The van der Waals surface area contributed by atoms with Crippen molar-refractivity contribution in [3.05, 3.63) is 94.3 Å². The molecule has 1 aromatic heterocycles. The molecule has 0 unspecified atom stereocenters. The largest absolute Gasteiger partial charge is 0.497 e. The fourth-order valence-corrected chi connectivity index (χ4v) is 5.30. The maximum Gasteiger partial charge on any atom is 0.252 e. The maximum absolute atomic E-state index is 13.6. The molecule has 1 N–H and O–H groups in total. The summed E-state index contributed by atoms with van der Waals surface area (Å²) in [7, 11) is -2.35. The highest BCUT2D eigenvalue weighted by molar-refractivity contribution is 7.89. The van der Waals surface area contributed by atoms with Crippen molar-refractivity contribution in [3.8, 4) is 17.2 Å². The molecule has 0 atom stereocenters. The Bertz CT molecular complexity index is 1520. The number of methoxy groups -OCH3 is 1. The van der Waals surface area contributed by atoms with Gasteiger partial charge in [-0.2, -0.15) is 4.31 Å². The quantitative estimate of drug-likeness (QED) is 0.435. The lowest BCUT2D eigenvalue weighted by molar-refractivity contribution is 0.174. The number of pyridine rings is 1. The minimum atomic E-state index is -3.90. The van der Waals surface area contributed by atoms with E-state index in [9.17, 15) is 13.2 Å². The lowest BCUT2D eigenvalue weighted by atomic mass is 10.1. The first kappa shape index (κ1) is 22.0. The zero-order valence-corrected chi connectivity index (χ0v) is 19.2. The second-order valence-corrected chi connectivity index (χ2v) is 9.79. The number of sulfonamides is 1. The number of nitrogens with one attached hydrogen (secondary N) is 1. The van der Waals surface area contributed by atoms with Crippen LogP contribution in [0.25, 0.3) is 10.9 Å². The van der Waals surface area contributed by atoms with E-state index in [1.165, 1.54) is 4.31 Å². The summed E-state index contributed by atoms with van der Waals surface area (Å²) in [6, 6.07) is 20.5. The lowest BCUT2D eigenvalue weighted by Crippen LogP contribution is -2.32. The number of hydrogen-bond acceptors (Lipinski definition) is 6. The molecule has 0 aliphatic carbocycles. The van der Waals surface area contributed by atoms with Gasteiger partial charge in [0, 0.05) is 24.7 Å². The predicted molar refractivity (Wildman–Crippen MR) is 127 cm³/mol. The van der Waals surface area contributed by atoms with Gasteiger partial charge in [-0.05, 0) is 53.4 Å². The normalized spacial score (nSPS) is 12.9. The molecule has 0 radical (unpaired) electrons. The summed E-state index contributed by atoms with van der Waals surface area (Å²) in [5, 5.41) is 0.774. The zero-order chi connectivity index (χ0) is 23.7. The predicted octanol–water partition coefficient (Wildman–Crippen LogP) is 3.66. The van der Waals surface area contributed by atoms with Crippen LogP contribution in [0.3, 0.4) is 0 Å². The molecule has 0 spiro atoms. The zero-order valence-electron chi connectivity index (χ0n) is 18.4. The monoisotopic (exact) mass is 478 g/mol. The summed E-state index contributed by atoms with van der Waals surface area (Å²) in [6.45, 7) is 0.0684. The van der Waals surface area contributed by atoms with Crippen molar-refractivity contribution in [3.63, 3.8) is 0 Å². The van der Waals surface area contributed by atoms with Crippen molar-refractivity contribution in [1.82, 2.24) is 9.29 Å². The Kier molecular flexibility index (Phi) is 5.72. The van der Waals surface area contributed by atoms with Crippen LogP contribution in [-0.4, -0.2) is 31.6 Å². The van der Waals surface area contributed by atoms with Gasteiger partial charge >= 0.3 is 0 Å². The fraction of sp³-hybridized carbons (Fsp3) is 0.160. The molecule has 8 nitrogen and oxygen atoms in total. The molecule has 1 aliphatic heterocycles. The van der Waals surface area contributed by atoms with Gasteiger partial charge in [0.15, 0.2) is 11.5 Å². The first-order chi connectivity index (χ1) is 16.4. The summed E-state index contributed by atoms with van der Waals surface area (Å²) >= 11 is 0. The molecular formula is C25H22N2O6S. The van der Waals surface area contributed by atoms with Crippen LogP contribution in [0.4, 0.5) is 0 Å². The Morgan fingerprint density at radius 2 is 1.74 bits per heavy atom. The van der Waals surface area contributed by atoms with Gasteiger partial charge in [-0.1, -0.05) is 24.3 Å². The van der Waals surface area contributed by atoms with E-state index < -0.39 is 10.0 Å². The summed E-state index contributed by atoms with van der Waals surface area (Å²) in [6.07, 6.45) is 0. The standard InChI is InChI=1S/C25H22N2O6S/c1-31-20-9-8-18-12-19(25(28)26-22(18)13-20)15-27(34(29,30)21-5-3-2-4-6-21)14-17-7-10-23-24(11-17)33-16-32-23/h2-13H,14-16H2,1H3,(H,26,28). The van der Waals surface area contributed by atoms with E-state index in [0.717, 1.165) is 5.39 Å². The average molecular weight is 479 g/mol. The van der Waals surface area contributed by atoms with Crippen molar-refractivity contribution in [2.45, 2.75) is 18.0 Å². The van der Waals surface area contributed by atoms with Crippen LogP contribution in [0, 0.1) is 0 Å². The average Bonchev–Trinajstić information content (AvgIpc) is 3.32. The van der Waals surface area contributed by atoms with E-state index >= 15 is 0 Å². The van der Waals surface area contributed by atoms with Crippen LogP contribution >= 0.6 is 0 Å². The molecule has 9 heteroatoms. The number of ether oxygens (including phenoxy) is 3. The third kappa shape index (κ3) is 4.23. The van der Waals surface area contributed by atoms with Gasteiger partial charge in [0.05, 0.1) is 17.5 Å². The third-order valence-corrected chi connectivity index (χ3v) is 7.46. The van der Waals surface area contributed by atoms with Gasteiger partial charge in [0.1, 0.15) is 5.75 Å². The van der Waals surface area contributed by atoms with E-state index in [4.69, 9.17) is 14.2 Å². The van der Waals surface area contributed by atoms with Crippen LogP contribution in [0.15, 0.2) is 82.5 Å². The van der Waals surface area contributed by atoms with Gasteiger partial charge in [-0.15, -0.1) is 0 Å². The molecule has 4 aromatic rings. The second kappa shape index (κ2) is 8.85. The van der Waals surface area contributed by atoms with Crippen molar-refractivity contribution in [2.75, 3.05) is 13.9 Å². The Morgan fingerprint density at radius 3 is 2.53 bits per heavy atom. The van der Waals surface area contributed by atoms with Gasteiger partial charge in [-0.3, -0.25) is 4.79 Å². The Hall–Kier alpha value is -3.82. The van der Waals surface area contributed by atoms with Crippen molar-refractivity contribution >= 4 is 20.9 Å². The van der Waals surface area contributed by atoms with Crippen molar-refractivity contribution < 1.29 is 22.6 Å². The van der Waals surface area contributed by atoms with Crippen LogP contribution in [0.2, 0.25) is 0 Å². The highest BCUT2D eigenvalue weighted by Gasteiger charge is 2.26. The Balaban J connectivity index is 1.54. The molecule has 174 valence electrons. The van der Waals surface area contributed by atoms with Crippen molar-refractivity contribution in [2.24, 2.45) is 0 Å². The van der Waals surface area contributed by atoms with E-state index in [2.05, 4.69) is 4.98 Å². The number of aromatic amines is 1. The first-order valence-electron chi connectivity index (χ1n) is 10.6. The molecule has 0 saturated carbocycles.